The van der Waals surface area contributed by atoms with Crippen LogP contribution in [0.15, 0.2) is 24.5 Å². The highest BCUT2D eigenvalue weighted by Crippen LogP contribution is 2.08. The summed E-state index contributed by atoms with van der Waals surface area (Å²) in [6.07, 6.45) is 4.49. The van der Waals surface area contributed by atoms with E-state index >= 15 is 0 Å². The van der Waals surface area contributed by atoms with Crippen LogP contribution in [0.1, 0.15) is 25.8 Å². The van der Waals surface area contributed by atoms with Gasteiger partial charge in [0.1, 0.15) is 0 Å². The molecule has 0 amide bonds. The van der Waals surface area contributed by atoms with Crippen molar-refractivity contribution in [3.05, 3.63) is 30.1 Å². The van der Waals surface area contributed by atoms with Crippen LogP contribution in [0, 0.1) is 5.92 Å². The minimum atomic E-state index is -3.27. The van der Waals surface area contributed by atoms with E-state index in [2.05, 4.69) is 9.71 Å². The Bertz CT molecular complexity index is 460. The Labute approximate surface area is 115 Å². The minimum Gasteiger partial charge on any atom is -0.330 e. The lowest BCUT2D eigenvalue weighted by molar-refractivity contribution is 0.428. The maximum atomic E-state index is 12.0. The first-order valence-electron chi connectivity index (χ1n) is 6.53. The lowest BCUT2D eigenvalue weighted by Gasteiger charge is -2.21. The molecule has 3 N–H and O–H groups in total. The van der Waals surface area contributed by atoms with E-state index in [9.17, 15) is 8.42 Å². The van der Waals surface area contributed by atoms with Crippen molar-refractivity contribution in [2.75, 3.05) is 12.3 Å². The first kappa shape index (κ1) is 16.1. The molecule has 6 heteroatoms. The molecule has 0 saturated heterocycles. The fraction of sp³-hybridized carbons (Fsp3) is 0.615. The number of nitrogens with two attached hydrogens (primary N) is 1. The Kier molecular flexibility index (Phi) is 6.41. The number of hydrogen-bond acceptors (Lipinski definition) is 4. The van der Waals surface area contributed by atoms with Gasteiger partial charge < -0.3 is 5.73 Å². The van der Waals surface area contributed by atoms with E-state index in [0.717, 1.165) is 5.56 Å². The summed E-state index contributed by atoms with van der Waals surface area (Å²) in [5, 5.41) is 0. The second-order valence-electron chi connectivity index (χ2n) is 4.97. The van der Waals surface area contributed by atoms with E-state index < -0.39 is 10.0 Å². The van der Waals surface area contributed by atoms with Gasteiger partial charge in [0.2, 0.25) is 10.0 Å². The van der Waals surface area contributed by atoms with Crippen LogP contribution in [-0.4, -0.2) is 31.7 Å². The van der Waals surface area contributed by atoms with Crippen molar-refractivity contribution < 1.29 is 8.42 Å². The van der Waals surface area contributed by atoms with Crippen LogP contribution < -0.4 is 10.5 Å². The average molecular weight is 285 g/mol. The number of nitrogens with zero attached hydrogens (tertiary/aromatic N) is 1. The van der Waals surface area contributed by atoms with E-state index in [1.54, 1.807) is 12.4 Å². The Morgan fingerprint density at radius 1 is 1.32 bits per heavy atom. The summed E-state index contributed by atoms with van der Waals surface area (Å²) in [7, 11) is -3.27. The van der Waals surface area contributed by atoms with Gasteiger partial charge in [-0.15, -0.1) is 0 Å². The zero-order valence-corrected chi connectivity index (χ0v) is 12.4. The molecule has 0 aliphatic heterocycles. The van der Waals surface area contributed by atoms with Crippen molar-refractivity contribution in [2.24, 2.45) is 11.7 Å². The number of rotatable bonds is 8. The quantitative estimate of drug-likeness (QED) is 0.743. The van der Waals surface area contributed by atoms with Crippen molar-refractivity contribution in [3.63, 3.8) is 0 Å². The van der Waals surface area contributed by atoms with Crippen LogP contribution in [0.5, 0.6) is 0 Å². The van der Waals surface area contributed by atoms with Gasteiger partial charge in [0, 0.05) is 18.4 Å². The summed E-state index contributed by atoms with van der Waals surface area (Å²) in [4.78, 5) is 3.91. The summed E-state index contributed by atoms with van der Waals surface area (Å²) < 4.78 is 26.8. The Balaban J connectivity index is 2.56. The third kappa shape index (κ3) is 6.13. The monoisotopic (exact) mass is 285 g/mol. The summed E-state index contributed by atoms with van der Waals surface area (Å²) in [5.41, 5.74) is 6.48. The van der Waals surface area contributed by atoms with Gasteiger partial charge in [-0.25, -0.2) is 13.1 Å². The lowest BCUT2D eigenvalue weighted by atomic mass is 10.0. The Morgan fingerprint density at radius 2 is 1.95 bits per heavy atom. The molecule has 0 aliphatic rings. The van der Waals surface area contributed by atoms with Gasteiger partial charge in [0.15, 0.2) is 0 Å². The summed E-state index contributed by atoms with van der Waals surface area (Å²) >= 11 is 0. The summed E-state index contributed by atoms with van der Waals surface area (Å²) in [6, 6.07) is 3.57. The van der Waals surface area contributed by atoms with Crippen molar-refractivity contribution in [1.29, 1.82) is 0 Å². The number of aryl methyl sites for hydroxylation is 1. The lowest BCUT2D eigenvalue weighted by Crippen LogP contribution is -2.41. The second-order valence-corrected chi connectivity index (χ2v) is 6.84. The Hall–Kier alpha value is -0.980. The molecule has 108 valence electrons. The number of sulfonamides is 1. The fourth-order valence-corrected chi connectivity index (χ4v) is 3.27. The van der Waals surface area contributed by atoms with Crippen molar-refractivity contribution in [3.8, 4) is 0 Å². The predicted molar refractivity (Wildman–Crippen MR) is 77.2 cm³/mol. The smallest absolute Gasteiger partial charge is 0.212 e. The molecule has 0 saturated carbocycles. The molecule has 0 aromatic carbocycles. The number of pyridine rings is 1. The largest absolute Gasteiger partial charge is 0.330 e. The number of nitrogens with one attached hydrogen (secondary N) is 1. The molecule has 1 heterocycles. The molecule has 0 radical (unpaired) electrons. The fourth-order valence-electron chi connectivity index (χ4n) is 1.80. The number of aromatic nitrogens is 1. The molecule has 1 atom stereocenters. The van der Waals surface area contributed by atoms with Gasteiger partial charge in [0.05, 0.1) is 5.75 Å². The van der Waals surface area contributed by atoms with Crippen molar-refractivity contribution in [2.45, 2.75) is 32.7 Å². The van der Waals surface area contributed by atoms with Crippen LogP contribution >= 0.6 is 0 Å². The van der Waals surface area contributed by atoms with E-state index in [4.69, 9.17) is 5.73 Å². The molecular weight excluding hydrogens is 262 g/mol. The second kappa shape index (κ2) is 7.57. The summed E-state index contributed by atoms with van der Waals surface area (Å²) in [5.74, 6) is 0.324. The van der Waals surface area contributed by atoms with E-state index in [1.807, 2.05) is 26.0 Å². The molecular formula is C13H23N3O2S. The minimum absolute atomic E-state index is 0.0881. The molecule has 5 nitrogen and oxygen atoms in total. The van der Waals surface area contributed by atoms with E-state index in [1.165, 1.54) is 0 Å². The van der Waals surface area contributed by atoms with Crippen LogP contribution in [0.25, 0.3) is 0 Å². The third-order valence-electron chi connectivity index (χ3n) is 3.02. The van der Waals surface area contributed by atoms with Gasteiger partial charge in [-0.05, 0) is 43.0 Å². The molecule has 1 aromatic rings. The topological polar surface area (TPSA) is 85.1 Å². The molecule has 1 aromatic heterocycles. The van der Waals surface area contributed by atoms with Crippen LogP contribution in [0.4, 0.5) is 0 Å². The first-order valence-corrected chi connectivity index (χ1v) is 8.19. The van der Waals surface area contributed by atoms with Gasteiger partial charge in [0.25, 0.3) is 0 Å². The highest BCUT2D eigenvalue weighted by atomic mass is 32.2. The van der Waals surface area contributed by atoms with Gasteiger partial charge >= 0.3 is 0 Å². The molecule has 0 bridgehead atoms. The first-order chi connectivity index (χ1) is 8.94. The maximum Gasteiger partial charge on any atom is 0.212 e. The average Bonchev–Trinajstić information content (AvgIpc) is 2.37. The zero-order valence-electron chi connectivity index (χ0n) is 11.5. The van der Waals surface area contributed by atoms with Crippen molar-refractivity contribution >= 4 is 10.0 Å². The Morgan fingerprint density at radius 3 is 2.47 bits per heavy atom. The van der Waals surface area contributed by atoms with Gasteiger partial charge in [-0.1, -0.05) is 13.8 Å². The van der Waals surface area contributed by atoms with Crippen LogP contribution in [0.2, 0.25) is 0 Å². The highest BCUT2D eigenvalue weighted by molar-refractivity contribution is 7.89. The van der Waals surface area contributed by atoms with E-state index in [0.29, 0.717) is 19.4 Å². The molecule has 0 aliphatic carbocycles. The molecule has 0 spiro atoms. The zero-order chi connectivity index (χ0) is 14.3. The molecule has 1 rings (SSSR count). The van der Waals surface area contributed by atoms with Crippen molar-refractivity contribution in [1.82, 2.24) is 9.71 Å². The molecule has 1 unspecified atom stereocenters. The van der Waals surface area contributed by atoms with E-state index in [-0.39, 0.29) is 17.7 Å². The van der Waals surface area contributed by atoms with Gasteiger partial charge in [-0.2, -0.15) is 0 Å². The SMILES string of the molecule is CC(C)C(CCN)NS(=O)(=O)CCc1ccncc1. The third-order valence-corrected chi connectivity index (χ3v) is 4.43. The predicted octanol–water partition coefficient (Wildman–Crippen LogP) is 0.917. The standard InChI is InChI=1S/C13H23N3O2S/c1-11(2)13(3-7-14)16-19(17,18)10-6-12-4-8-15-9-5-12/h4-5,8-9,11,13,16H,3,6-7,10,14H2,1-2H3. The van der Waals surface area contributed by atoms with Crippen LogP contribution in [-0.2, 0) is 16.4 Å². The van der Waals surface area contributed by atoms with Crippen LogP contribution in [0.3, 0.4) is 0 Å². The molecule has 19 heavy (non-hydrogen) atoms. The van der Waals surface area contributed by atoms with Gasteiger partial charge in [-0.3, -0.25) is 4.98 Å². The highest BCUT2D eigenvalue weighted by Gasteiger charge is 2.19. The normalized spacial score (nSPS) is 13.7. The number of hydrogen-bond donors (Lipinski definition) is 2. The maximum absolute atomic E-state index is 12.0. The molecule has 0 fully saturated rings. The summed E-state index contributed by atoms with van der Waals surface area (Å²) in [6.45, 7) is 4.47.